The fraction of sp³-hybridized carbons (Fsp3) is 0.160. The van der Waals surface area contributed by atoms with Crippen LogP contribution < -0.4 is 9.47 Å². The summed E-state index contributed by atoms with van der Waals surface area (Å²) in [6.07, 6.45) is 0.485. The zero-order valence-electron chi connectivity index (χ0n) is 16.8. The number of hydrogen-bond donors (Lipinski definition) is 0. The molecular weight excluding hydrogens is 399 g/mol. The van der Waals surface area contributed by atoms with E-state index in [4.69, 9.17) is 18.6 Å². The number of carbonyl (C=O) groups is 1. The highest BCUT2D eigenvalue weighted by Gasteiger charge is 2.22. The first kappa shape index (κ1) is 20.5. The van der Waals surface area contributed by atoms with E-state index in [1.807, 2.05) is 48.5 Å². The van der Waals surface area contributed by atoms with Gasteiger partial charge in [0.2, 0.25) is 5.76 Å². The fourth-order valence-corrected chi connectivity index (χ4v) is 3.09. The molecule has 158 valence electrons. The molecule has 0 N–H and O–H groups in total. The number of para-hydroxylation sites is 2. The van der Waals surface area contributed by atoms with Gasteiger partial charge in [-0.1, -0.05) is 36.4 Å². The highest BCUT2D eigenvalue weighted by Crippen LogP contribution is 2.28. The third-order valence-electron chi connectivity index (χ3n) is 4.61. The van der Waals surface area contributed by atoms with Crippen molar-refractivity contribution in [1.82, 2.24) is 0 Å². The summed E-state index contributed by atoms with van der Waals surface area (Å²) in [5.74, 6) is 0.524. The van der Waals surface area contributed by atoms with Crippen LogP contribution in [-0.4, -0.2) is 19.2 Å². The van der Waals surface area contributed by atoms with E-state index in [9.17, 15) is 9.18 Å². The smallest absolute Gasteiger partial charge is 0.374 e. The van der Waals surface area contributed by atoms with Gasteiger partial charge in [-0.15, -0.1) is 0 Å². The third kappa shape index (κ3) is 5.22. The third-order valence-corrected chi connectivity index (χ3v) is 4.61. The van der Waals surface area contributed by atoms with E-state index in [1.165, 1.54) is 12.1 Å². The zero-order chi connectivity index (χ0) is 21.5. The van der Waals surface area contributed by atoms with Crippen LogP contribution in [-0.2, 0) is 11.3 Å². The fourth-order valence-electron chi connectivity index (χ4n) is 3.09. The van der Waals surface area contributed by atoms with Crippen molar-refractivity contribution in [3.63, 3.8) is 0 Å². The number of rotatable bonds is 9. The van der Waals surface area contributed by atoms with Crippen molar-refractivity contribution in [2.45, 2.75) is 13.0 Å². The Bertz CT molecular complexity index is 1140. The predicted octanol–water partition coefficient (Wildman–Crippen LogP) is 5.78. The van der Waals surface area contributed by atoms with E-state index in [0.717, 1.165) is 5.39 Å². The molecule has 6 heteroatoms. The zero-order valence-corrected chi connectivity index (χ0v) is 16.8. The molecule has 0 atom stereocenters. The van der Waals surface area contributed by atoms with Gasteiger partial charge in [0.25, 0.3) is 0 Å². The van der Waals surface area contributed by atoms with Crippen LogP contribution in [0.5, 0.6) is 11.5 Å². The number of hydrogen-bond acceptors (Lipinski definition) is 5. The molecule has 0 saturated heterocycles. The second kappa shape index (κ2) is 9.80. The van der Waals surface area contributed by atoms with Crippen LogP contribution in [0.25, 0.3) is 11.0 Å². The van der Waals surface area contributed by atoms with E-state index in [2.05, 4.69) is 0 Å². The van der Waals surface area contributed by atoms with Crippen molar-refractivity contribution in [2.24, 2.45) is 0 Å². The van der Waals surface area contributed by atoms with Gasteiger partial charge in [0.05, 0.1) is 18.8 Å². The highest BCUT2D eigenvalue weighted by molar-refractivity contribution is 5.96. The molecule has 0 fully saturated rings. The second-order valence-corrected chi connectivity index (χ2v) is 6.80. The maximum absolute atomic E-state index is 12.9. The average molecular weight is 420 g/mol. The first-order chi connectivity index (χ1) is 15.2. The Kier molecular flexibility index (Phi) is 6.47. The summed E-state index contributed by atoms with van der Waals surface area (Å²) < 4.78 is 35.4. The summed E-state index contributed by atoms with van der Waals surface area (Å²) >= 11 is 0. The minimum Gasteiger partial charge on any atom is -0.493 e. The minimum atomic E-state index is -0.551. The standard InChI is InChI=1S/C25H21FO5/c26-18-11-13-20(14-12-18)28-15-6-16-29-25(27)24-22(17-30-19-7-2-1-3-8-19)21-9-4-5-10-23(21)31-24/h1-5,7-14H,6,15-17H2. The van der Waals surface area contributed by atoms with E-state index in [0.29, 0.717) is 35.7 Å². The van der Waals surface area contributed by atoms with Gasteiger partial charge in [0, 0.05) is 11.8 Å². The summed E-state index contributed by atoms with van der Waals surface area (Å²) in [5, 5.41) is 0.810. The van der Waals surface area contributed by atoms with Crippen LogP contribution in [0.1, 0.15) is 22.5 Å². The van der Waals surface area contributed by atoms with Gasteiger partial charge < -0.3 is 18.6 Å². The van der Waals surface area contributed by atoms with Gasteiger partial charge >= 0.3 is 5.97 Å². The first-order valence-electron chi connectivity index (χ1n) is 9.94. The van der Waals surface area contributed by atoms with Gasteiger partial charge in [-0.05, 0) is 42.5 Å². The van der Waals surface area contributed by atoms with Gasteiger partial charge in [0.1, 0.15) is 29.5 Å². The van der Waals surface area contributed by atoms with Crippen LogP contribution in [0.15, 0.2) is 83.3 Å². The molecule has 0 unspecified atom stereocenters. The lowest BCUT2D eigenvalue weighted by molar-refractivity contribution is 0.0448. The molecule has 31 heavy (non-hydrogen) atoms. The summed E-state index contributed by atoms with van der Waals surface area (Å²) in [5.41, 5.74) is 1.24. The molecule has 0 aliphatic rings. The molecule has 1 aromatic heterocycles. The molecule has 4 aromatic rings. The van der Waals surface area contributed by atoms with E-state index < -0.39 is 5.97 Å². The van der Waals surface area contributed by atoms with Crippen LogP contribution in [0.2, 0.25) is 0 Å². The number of esters is 1. The van der Waals surface area contributed by atoms with E-state index in [1.54, 1.807) is 18.2 Å². The largest absolute Gasteiger partial charge is 0.493 e. The second-order valence-electron chi connectivity index (χ2n) is 6.80. The molecule has 4 rings (SSSR count). The molecule has 1 heterocycles. The minimum absolute atomic E-state index is 0.136. The van der Waals surface area contributed by atoms with Gasteiger partial charge in [-0.25, -0.2) is 9.18 Å². The number of benzene rings is 3. The molecule has 0 aliphatic carbocycles. The summed E-state index contributed by atoms with van der Waals surface area (Å²) in [4.78, 5) is 12.7. The molecule has 3 aromatic carbocycles. The van der Waals surface area contributed by atoms with Crippen molar-refractivity contribution >= 4 is 16.9 Å². The summed E-state index contributed by atoms with van der Waals surface area (Å²) in [7, 11) is 0. The summed E-state index contributed by atoms with van der Waals surface area (Å²) in [6, 6.07) is 22.5. The van der Waals surface area contributed by atoms with Gasteiger partial charge in [-0.2, -0.15) is 0 Å². The van der Waals surface area contributed by atoms with E-state index in [-0.39, 0.29) is 24.8 Å². The van der Waals surface area contributed by atoms with Gasteiger partial charge in [0.15, 0.2) is 0 Å². The lowest BCUT2D eigenvalue weighted by Crippen LogP contribution is -2.11. The number of fused-ring (bicyclic) bond motifs is 1. The van der Waals surface area contributed by atoms with Crippen LogP contribution in [0, 0.1) is 5.82 Å². The summed E-state index contributed by atoms with van der Waals surface area (Å²) in [6.45, 7) is 0.679. The Hall–Kier alpha value is -3.80. The van der Waals surface area contributed by atoms with Crippen molar-refractivity contribution in [3.05, 3.63) is 96.0 Å². The molecular formula is C25H21FO5. The number of furan rings is 1. The van der Waals surface area contributed by atoms with Crippen molar-refractivity contribution in [1.29, 1.82) is 0 Å². The van der Waals surface area contributed by atoms with Crippen molar-refractivity contribution in [2.75, 3.05) is 13.2 Å². The van der Waals surface area contributed by atoms with Crippen molar-refractivity contribution < 1.29 is 27.8 Å². The number of carbonyl (C=O) groups excluding carboxylic acids is 1. The molecule has 0 saturated carbocycles. The van der Waals surface area contributed by atoms with Crippen molar-refractivity contribution in [3.8, 4) is 11.5 Å². The maximum Gasteiger partial charge on any atom is 0.374 e. The Morgan fingerprint density at radius 2 is 1.52 bits per heavy atom. The molecule has 5 nitrogen and oxygen atoms in total. The predicted molar refractivity (Wildman–Crippen MR) is 114 cm³/mol. The molecule has 0 radical (unpaired) electrons. The van der Waals surface area contributed by atoms with Crippen LogP contribution in [0.3, 0.4) is 0 Å². The Balaban J connectivity index is 1.37. The first-order valence-corrected chi connectivity index (χ1v) is 9.94. The number of halogens is 1. The lowest BCUT2D eigenvalue weighted by atomic mass is 10.1. The van der Waals surface area contributed by atoms with Crippen LogP contribution in [0.4, 0.5) is 4.39 Å². The topological polar surface area (TPSA) is 57.9 Å². The average Bonchev–Trinajstić information content (AvgIpc) is 3.18. The van der Waals surface area contributed by atoms with Crippen LogP contribution >= 0.6 is 0 Å². The quantitative estimate of drug-likeness (QED) is 0.254. The molecule has 0 bridgehead atoms. The highest BCUT2D eigenvalue weighted by atomic mass is 19.1. The maximum atomic E-state index is 12.9. The van der Waals surface area contributed by atoms with Gasteiger partial charge in [-0.3, -0.25) is 0 Å². The lowest BCUT2D eigenvalue weighted by Gasteiger charge is -2.08. The normalized spacial score (nSPS) is 10.7. The molecule has 0 amide bonds. The SMILES string of the molecule is O=C(OCCCOc1ccc(F)cc1)c1oc2ccccc2c1COc1ccccc1. The Morgan fingerprint density at radius 1 is 0.806 bits per heavy atom. The number of ether oxygens (including phenoxy) is 3. The molecule has 0 aliphatic heterocycles. The Morgan fingerprint density at radius 3 is 2.32 bits per heavy atom. The molecule has 0 spiro atoms. The van der Waals surface area contributed by atoms with E-state index >= 15 is 0 Å². The Labute approximate surface area is 179 Å². The monoisotopic (exact) mass is 420 g/mol.